The molecule has 0 saturated heterocycles. The lowest BCUT2D eigenvalue weighted by molar-refractivity contribution is -0.143. The molecule has 0 aliphatic rings. The Morgan fingerprint density at radius 2 is 2.09 bits per heavy atom. The summed E-state index contributed by atoms with van der Waals surface area (Å²) in [4.78, 5) is 23.2. The van der Waals surface area contributed by atoms with E-state index >= 15 is 0 Å². The molecule has 124 valence electrons. The average Bonchev–Trinajstić information content (AvgIpc) is 2.91. The molecule has 0 aliphatic carbocycles. The van der Waals surface area contributed by atoms with Gasteiger partial charge < -0.3 is 15.0 Å². The van der Waals surface area contributed by atoms with Gasteiger partial charge in [-0.2, -0.15) is 0 Å². The number of nitrogens with zero attached hydrogens (tertiary/aromatic N) is 1. The molecule has 1 heterocycles. The van der Waals surface area contributed by atoms with Crippen molar-refractivity contribution >= 4 is 22.8 Å². The molecule has 0 saturated carbocycles. The van der Waals surface area contributed by atoms with Gasteiger partial charge in [-0.25, -0.2) is 9.18 Å². The first-order valence-electron chi connectivity index (χ1n) is 7.69. The van der Waals surface area contributed by atoms with Gasteiger partial charge >= 0.3 is 5.97 Å². The predicted octanol–water partition coefficient (Wildman–Crippen LogP) is 2.79. The molecule has 2 aromatic rings. The standard InChI is InChI=1S/C17H21FN2O3/c1-3-11(2)16(17(22)23)19-15(21)7-9-20-8-6-12-4-5-13(18)10-14(12)20/h4-6,8,10-11,16H,3,7,9H2,1-2H3,(H,19,21)(H,22,23)/t11-,16+/m0/s1. The first-order chi connectivity index (χ1) is 10.9. The van der Waals surface area contributed by atoms with E-state index < -0.39 is 12.0 Å². The van der Waals surface area contributed by atoms with Gasteiger partial charge in [0, 0.05) is 19.2 Å². The van der Waals surface area contributed by atoms with Crippen LogP contribution in [-0.4, -0.2) is 27.6 Å². The fourth-order valence-electron chi connectivity index (χ4n) is 2.50. The first-order valence-corrected chi connectivity index (χ1v) is 7.69. The molecule has 0 radical (unpaired) electrons. The molecule has 2 N–H and O–H groups in total. The zero-order valence-electron chi connectivity index (χ0n) is 13.3. The number of carboxylic acid groups (broad SMARTS) is 1. The molecule has 2 rings (SSSR count). The Morgan fingerprint density at radius 3 is 2.74 bits per heavy atom. The van der Waals surface area contributed by atoms with Crippen molar-refractivity contribution in [3.8, 4) is 0 Å². The molecule has 2 atom stereocenters. The number of aryl methyl sites for hydroxylation is 1. The van der Waals surface area contributed by atoms with Crippen molar-refractivity contribution in [2.75, 3.05) is 0 Å². The normalized spacial score (nSPS) is 13.7. The van der Waals surface area contributed by atoms with Gasteiger partial charge in [0.1, 0.15) is 11.9 Å². The number of hydrogen-bond acceptors (Lipinski definition) is 2. The van der Waals surface area contributed by atoms with E-state index in [0.29, 0.717) is 13.0 Å². The number of carboxylic acids is 1. The van der Waals surface area contributed by atoms with E-state index in [9.17, 15) is 19.1 Å². The van der Waals surface area contributed by atoms with Gasteiger partial charge in [-0.1, -0.05) is 20.3 Å². The van der Waals surface area contributed by atoms with E-state index in [1.807, 2.05) is 13.0 Å². The Hall–Kier alpha value is -2.37. The molecule has 6 heteroatoms. The Morgan fingerprint density at radius 1 is 1.35 bits per heavy atom. The number of benzene rings is 1. The van der Waals surface area contributed by atoms with E-state index in [1.54, 1.807) is 23.8 Å². The molecule has 0 fully saturated rings. The van der Waals surface area contributed by atoms with E-state index in [0.717, 1.165) is 10.9 Å². The maximum atomic E-state index is 13.3. The lowest BCUT2D eigenvalue weighted by Gasteiger charge is -2.20. The van der Waals surface area contributed by atoms with E-state index in [4.69, 9.17) is 0 Å². The molecule has 5 nitrogen and oxygen atoms in total. The number of halogens is 1. The Labute approximate surface area is 134 Å². The number of carbonyl (C=O) groups excluding carboxylic acids is 1. The smallest absolute Gasteiger partial charge is 0.326 e. The number of nitrogens with one attached hydrogen (secondary N) is 1. The molecular formula is C17H21FN2O3. The highest BCUT2D eigenvalue weighted by molar-refractivity contribution is 5.84. The SMILES string of the molecule is CC[C@H](C)[C@@H](NC(=O)CCn1ccc2ccc(F)cc21)C(=O)O. The molecule has 0 unspecified atom stereocenters. The number of amides is 1. The lowest BCUT2D eigenvalue weighted by Crippen LogP contribution is -2.45. The van der Waals surface area contributed by atoms with Crippen molar-refractivity contribution < 1.29 is 19.1 Å². The monoisotopic (exact) mass is 320 g/mol. The van der Waals surface area contributed by atoms with Gasteiger partial charge in [-0.3, -0.25) is 4.79 Å². The van der Waals surface area contributed by atoms with Crippen LogP contribution in [0.5, 0.6) is 0 Å². The minimum atomic E-state index is -1.03. The van der Waals surface area contributed by atoms with E-state index in [1.165, 1.54) is 12.1 Å². The van der Waals surface area contributed by atoms with Crippen LogP contribution >= 0.6 is 0 Å². The summed E-state index contributed by atoms with van der Waals surface area (Å²) < 4.78 is 15.1. The van der Waals surface area contributed by atoms with Gasteiger partial charge in [0.25, 0.3) is 0 Å². The number of aromatic nitrogens is 1. The van der Waals surface area contributed by atoms with Crippen LogP contribution in [0.3, 0.4) is 0 Å². The van der Waals surface area contributed by atoms with Gasteiger partial charge in [0.2, 0.25) is 5.91 Å². The van der Waals surface area contributed by atoms with Crippen molar-refractivity contribution in [2.45, 2.75) is 39.3 Å². The van der Waals surface area contributed by atoms with E-state index in [-0.39, 0.29) is 24.1 Å². The van der Waals surface area contributed by atoms with Gasteiger partial charge in [0.15, 0.2) is 0 Å². The van der Waals surface area contributed by atoms with Crippen LogP contribution in [-0.2, 0) is 16.1 Å². The summed E-state index contributed by atoms with van der Waals surface area (Å²) in [5.74, 6) is -1.82. The highest BCUT2D eigenvalue weighted by Gasteiger charge is 2.25. The molecule has 0 bridgehead atoms. The number of hydrogen-bond donors (Lipinski definition) is 2. The molecule has 23 heavy (non-hydrogen) atoms. The van der Waals surface area contributed by atoms with Crippen LogP contribution in [0, 0.1) is 11.7 Å². The molecule has 0 aliphatic heterocycles. The quantitative estimate of drug-likeness (QED) is 0.824. The van der Waals surface area contributed by atoms with Gasteiger partial charge in [-0.05, 0) is 35.6 Å². The summed E-state index contributed by atoms with van der Waals surface area (Å²) in [5, 5.41) is 12.6. The number of aliphatic carboxylic acids is 1. The van der Waals surface area contributed by atoms with Crippen LogP contribution in [0.2, 0.25) is 0 Å². The molecule has 1 aromatic carbocycles. The molecule has 1 amide bonds. The van der Waals surface area contributed by atoms with Gasteiger partial charge in [0.05, 0.1) is 5.52 Å². The topological polar surface area (TPSA) is 71.3 Å². The van der Waals surface area contributed by atoms with Gasteiger partial charge in [-0.15, -0.1) is 0 Å². The van der Waals surface area contributed by atoms with Crippen molar-refractivity contribution in [1.82, 2.24) is 9.88 Å². The summed E-state index contributed by atoms with van der Waals surface area (Å²) in [6, 6.07) is 5.47. The third kappa shape index (κ3) is 4.09. The first kappa shape index (κ1) is 17.0. The maximum absolute atomic E-state index is 13.3. The third-order valence-corrected chi connectivity index (χ3v) is 4.11. The number of rotatable bonds is 7. The number of carbonyl (C=O) groups is 2. The molecule has 0 spiro atoms. The van der Waals surface area contributed by atoms with Crippen LogP contribution in [0.4, 0.5) is 4.39 Å². The predicted molar refractivity (Wildman–Crippen MR) is 85.5 cm³/mol. The third-order valence-electron chi connectivity index (χ3n) is 4.11. The largest absolute Gasteiger partial charge is 0.480 e. The fraction of sp³-hybridized carbons (Fsp3) is 0.412. The molecular weight excluding hydrogens is 299 g/mol. The zero-order chi connectivity index (χ0) is 17.0. The summed E-state index contributed by atoms with van der Waals surface area (Å²) in [7, 11) is 0. The van der Waals surface area contributed by atoms with Crippen LogP contribution in [0.25, 0.3) is 10.9 Å². The van der Waals surface area contributed by atoms with Crippen LogP contribution in [0.15, 0.2) is 30.5 Å². The Balaban J connectivity index is 2.00. The summed E-state index contributed by atoms with van der Waals surface area (Å²) in [5.41, 5.74) is 0.717. The Kier molecular flexibility index (Phi) is 5.36. The second-order valence-electron chi connectivity index (χ2n) is 5.73. The van der Waals surface area contributed by atoms with Crippen molar-refractivity contribution in [2.24, 2.45) is 5.92 Å². The van der Waals surface area contributed by atoms with Crippen molar-refractivity contribution in [1.29, 1.82) is 0 Å². The second-order valence-corrected chi connectivity index (χ2v) is 5.73. The van der Waals surface area contributed by atoms with Crippen LogP contribution < -0.4 is 5.32 Å². The summed E-state index contributed by atoms with van der Waals surface area (Å²) in [6.07, 6.45) is 2.60. The lowest BCUT2D eigenvalue weighted by atomic mass is 9.99. The fourth-order valence-corrected chi connectivity index (χ4v) is 2.50. The zero-order valence-corrected chi connectivity index (χ0v) is 13.3. The minimum absolute atomic E-state index is 0.139. The van der Waals surface area contributed by atoms with Crippen molar-refractivity contribution in [3.63, 3.8) is 0 Å². The highest BCUT2D eigenvalue weighted by atomic mass is 19.1. The highest BCUT2D eigenvalue weighted by Crippen LogP contribution is 2.17. The number of fused-ring (bicyclic) bond motifs is 1. The second kappa shape index (κ2) is 7.26. The average molecular weight is 320 g/mol. The van der Waals surface area contributed by atoms with Crippen molar-refractivity contribution in [3.05, 3.63) is 36.3 Å². The van der Waals surface area contributed by atoms with Crippen LogP contribution in [0.1, 0.15) is 26.7 Å². The summed E-state index contributed by atoms with van der Waals surface area (Å²) >= 11 is 0. The molecule has 1 aromatic heterocycles. The Bertz CT molecular complexity index is 711. The maximum Gasteiger partial charge on any atom is 0.326 e. The summed E-state index contributed by atoms with van der Waals surface area (Å²) in [6.45, 7) is 4.04. The minimum Gasteiger partial charge on any atom is -0.480 e. The van der Waals surface area contributed by atoms with E-state index in [2.05, 4.69) is 5.32 Å².